The molecule has 0 radical (unpaired) electrons. The van der Waals surface area contributed by atoms with Crippen LogP contribution in [0.2, 0.25) is 0 Å². The van der Waals surface area contributed by atoms with Crippen molar-refractivity contribution >= 4 is 11.9 Å². The summed E-state index contributed by atoms with van der Waals surface area (Å²) in [6, 6.07) is 0.608. The quantitative estimate of drug-likeness (QED) is 0.736. The third kappa shape index (κ3) is 5.53. The van der Waals surface area contributed by atoms with Crippen molar-refractivity contribution in [1.82, 2.24) is 14.9 Å². The summed E-state index contributed by atoms with van der Waals surface area (Å²) in [6.45, 7) is 6.08. The molecule has 0 aliphatic carbocycles. The molecule has 0 bridgehead atoms. The number of carboxylic acid groups (broad SMARTS) is 1. The maximum atomic E-state index is 13.0. The van der Waals surface area contributed by atoms with Gasteiger partial charge in [-0.2, -0.15) is 13.2 Å². The molecule has 0 amide bonds. The van der Waals surface area contributed by atoms with Gasteiger partial charge in [0.2, 0.25) is 5.95 Å². The second-order valence-electron chi connectivity index (χ2n) is 7.77. The van der Waals surface area contributed by atoms with Crippen LogP contribution >= 0.6 is 0 Å². The van der Waals surface area contributed by atoms with Gasteiger partial charge >= 0.3 is 12.1 Å². The zero-order chi connectivity index (χ0) is 21.1. The van der Waals surface area contributed by atoms with E-state index in [0.29, 0.717) is 17.4 Å². The predicted molar refractivity (Wildman–Crippen MR) is 95.0 cm³/mol. The Morgan fingerprint density at radius 2 is 1.90 bits per heavy atom. The number of rotatable bonds is 2. The average molecular weight is 420 g/mol. The molecule has 162 valence electrons. The number of alkyl halides is 3. The lowest BCUT2D eigenvalue weighted by Gasteiger charge is -2.40. The van der Waals surface area contributed by atoms with Crippen LogP contribution in [0.1, 0.15) is 25.7 Å². The molecule has 4 heterocycles. The molecule has 3 aliphatic rings. The van der Waals surface area contributed by atoms with Crippen molar-refractivity contribution in [3.8, 4) is 0 Å². The number of aliphatic carboxylic acids is 1. The average Bonchev–Trinajstić information content (AvgIpc) is 3.33. The van der Waals surface area contributed by atoms with E-state index in [-0.39, 0.29) is 5.82 Å². The summed E-state index contributed by atoms with van der Waals surface area (Å²) in [7, 11) is 0. The Labute approximate surface area is 165 Å². The SMILES string of the molecule is Fc1cnc(N2CCCC3(CCN(C4CCOC4)C3)C2)nc1.O=C(O)C(F)(F)F. The Morgan fingerprint density at radius 1 is 1.21 bits per heavy atom. The second-order valence-corrected chi connectivity index (χ2v) is 7.77. The first-order valence-electron chi connectivity index (χ1n) is 9.53. The molecule has 7 nitrogen and oxygen atoms in total. The van der Waals surface area contributed by atoms with Crippen LogP contribution in [0, 0.1) is 11.2 Å². The number of ether oxygens (including phenoxy) is 1. The monoisotopic (exact) mass is 420 g/mol. The molecule has 3 fully saturated rings. The number of piperidine rings is 1. The minimum absolute atomic E-state index is 0.346. The molecule has 0 saturated carbocycles. The molecule has 1 spiro atoms. The molecular formula is C18H24F4N4O3. The van der Waals surface area contributed by atoms with Crippen molar-refractivity contribution in [3.63, 3.8) is 0 Å². The van der Waals surface area contributed by atoms with Crippen molar-refractivity contribution in [2.75, 3.05) is 44.3 Å². The molecule has 11 heteroatoms. The van der Waals surface area contributed by atoms with E-state index >= 15 is 0 Å². The molecule has 1 aromatic heterocycles. The smallest absolute Gasteiger partial charge is 0.475 e. The van der Waals surface area contributed by atoms with Crippen LogP contribution in [0.15, 0.2) is 12.4 Å². The Balaban J connectivity index is 0.000000298. The van der Waals surface area contributed by atoms with Gasteiger partial charge < -0.3 is 14.7 Å². The van der Waals surface area contributed by atoms with Crippen LogP contribution in [0.3, 0.4) is 0 Å². The molecule has 2 unspecified atom stereocenters. The molecule has 29 heavy (non-hydrogen) atoms. The van der Waals surface area contributed by atoms with Gasteiger partial charge in [0.1, 0.15) is 0 Å². The van der Waals surface area contributed by atoms with Crippen LogP contribution in [-0.2, 0) is 9.53 Å². The van der Waals surface area contributed by atoms with Gasteiger partial charge in [-0.3, -0.25) is 4.90 Å². The fraction of sp³-hybridized carbons (Fsp3) is 0.722. The predicted octanol–water partition coefficient (Wildman–Crippen LogP) is 2.33. The lowest BCUT2D eigenvalue weighted by molar-refractivity contribution is -0.192. The van der Waals surface area contributed by atoms with E-state index in [9.17, 15) is 17.6 Å². The van der Waals surface area contributed by atoms with Gasteiger partial charge in [-0.1, -0.05) is 0 Å². The van der Waals surface area contributed by atoms with Crippen LogP contribution in [0.25, 0.3) is 0 Å². The Hall–Kier alpha value is -2.01. The minimum Gasteiger partial charge on any atom is -0.475 e. The number of anilines is 1. The van der Waals surface area contributed by atoms with E-state index in [4.69, 9.17) is 14.6 Å². The fourth-order valence-electron chi connectivity index (χ4n) is 4.27. The van der Waals surface area contributed by atoms with E-state index in [1.165, 1.54) is 38.2 Å². The highest BCUT2D eigenvalue weighted by Gasteiger charge is 2.44. The largest absolute Gasteiger partial charge is 0.490 e. The summed E-state index contributed by atoms with van der Waals surface area (Å²) in [5.74, 6) is -2.46. The number of hydrogen-bond acceptors (Lipinski definition) is 6. The first kappa shape index (κ1) is 21.7. The Kier molecular flexibility index (Phi) is 6.57. The number of halogens is 4. The van der Waals surface area contributed by atoms with Crippen molar-refractivity contribution in [2.24, 2.45) is 5.41 Å². The normalized spacial score (nSPS) is 27.7. The lowest BCUT2D eigenvalue weighted by atomic mass is 9.79. The fourth-order valence-corrected chi connectivity index (χ4v) is 4.27. The summed E-state index contributed by atoms with van der Waals surface area (Å²) in [5, 5.41) is 7.12. The number of carboxylic acids is 1. The second kappa shape index (κ2) is 8.78. The summed E-state index contributed by atoms with van der Waals surface area (Å²) < 4.78 is 50.3. The van der Waals surface area contributed by atoms with Gasteiger partial charge in [0, 0.05) is 37.7 Å². The molecular weight excluding hydrogens is 396 g/mol. The van der Waals surface area contributed by atoms with E-state index in [0.717, 1.165) is 39.3 Å². The van der Waals surface area contributed by atoms with Crippen LogP contribution in [-0.4, -0.2) is 77.6 Å². The molecule has 1 aromatic rings. The first-order valence-corrected chi connectivity index (χ1v) is 9.53. The van der Waals surface area contributed by atoms with Gasteiger partial charge in [0.05, 0.1) is 19.0 Å². The van der Waals surface area contributed by atoms with Crippen LogP contribution in [0.4, 0.5) is 23.5 Å². The molecule has 4 rings (SSSR count). The van der Waals surface area contributed by atoms with E-state index < -0.39 is 12.1 Å². The highest BCUT2D eigenvalue weighted by atomic mass is 19.4. The lowest BCUT2D eigenvalue weighted by Crippen LogP contribution is -2.46. The maximum absolute atomic E-state index is 13.0. The highest BCUT2D eigenvalue weighted by Crippen LogP contribution is 2.41. The van der Waals surface area contributed by atoms with Crippen LogP contribution in [0.5, 0.6) is 0 Å². The first-order chi connectivity index (χ1) is 13.7. The molecule has 0 aromatic carbocycles. The highest BCUT2D eigenvalue weighted by molar-refractivity contribution is 5.73. The zero-order valence-electron chi connectivity index (χ0n) is 15.9. The van der Waals surface area contributed by atoms with Gasteiger partial charge in [-0.25, -0.2) is 19.2 Å². The van der Waals surface area contributed by atoms with Crippen LogP contribution < -0.4 is 4.90 Å². The van der Waals surface area contributed by atoms with Crippen molar-refractivity contribution in [1.29, 1.82) is 0 Å². The zero-order valence-corrected chi connectivity index (χ0v) is 15.9. The standard InChI is InChI=1S/C16H23FN4O.C2HF3O2/c17-13-8-18-15(19-9-13)21-5-1-3-16(12-21)4-6-20(11-16)14-2-7-22-10-14;3-2(4,5)1(6)7/h8-9,14H,1-7,10-12H2;(H,6,7). The third-order valence-electron chi connectivity index (χ3n) is 5.68. The Morgan fingerprint density at radius 3 is 2.48 bits per heavy atom. The molecule has 2 atom stereocenters. The van der Waals surface area contributed by atoms with Gasteiger partial charge in [0.15, 0.2) is 5.82 Å². The number of aromatic nitrogens is 2. The number of nitrogens with zero attached hydrogens (tertiary/aromatic N) is 4. The van der Waals surface area contributed by atoms with Crippen molar-refractivity contribution in [2.45, 2.75) is 37.9 Å². The molecule has 3 aliphatic heterocycles. The maximum Gasteiger partial charge on any atom is 0.490 e. The van der Waals surface area contributed by atoms with Gasteiger partial charge in [-0.15, -0.1) is 0 Å². The third-order valence-corrected chi connectivity index (χ3v) is 5.68. The van der Waals surface area contributed by atoms with E-state index in [2.05, 4.69) is 19.8 Å². The number of likely N-dealkylation sites (tertiary alicyclic amines) is 1. The summed E-state index contributed by atoms with van der Waals surface area (Å²) in [4.78, 5) is 22.1. The van der Waals surface area contributed by atoms with E-state index in [1.54, 1.807) is 0 Å². The molecule has 1 N–H and O–H groups in total. The van der Waals surface area contributed by atoms with Crippen molar-refractivity contribution < 1.29 is 32.2 Å². The summed E-state index contributed by atoms with van der Waals surface area (Å²) in [5.41, 5.74) is 0.346. The van der Waals surface area contributed by atoms with E-state index in [1.807, 2.05) is 0 Å². The Bertz CT molecular complexity index is 697. The molecule has 3 saturated heterocycles. The van der Waals surface area contributed by atoms with Gasteiger partial charge in [0.25, 0.3) is 0 Å². The topological polar surface area (TPSA) is 78.8 Å². The number of hydrogen-bond donors (Lipinski definition) is 1. The summed E-state index contributed by atoms with van der Waals surface area (Å²) >= 11 is 0. The minimum atomic E-state index is -5.08. The number of carbonyl (C=O) groups is 1. The van der Waals surface area contributed by atoms with Gasteiger partial charge in [-0.05, 0) is 32.2 Å². The van der Waals surface area contributed by atoms with Crippen molar-refractivity contribution in [3.05, 3.63) is 18.2 Å². The summed E-state index contributed by atoms with van der Waals surface area (Å²) in [6.07, 6.45) is 2.29.